The lowest BCUT2D eigenvalue weighted by Gasteiger charge is -2.23. The van der Waals surface area contributed by atoms with E-state index in [4.69, 9.17) is 0 Å². The average Bonchev–Trinajstić information content (AvgIpc) is 2.51. The van der Waals surface area contributed by atoms with Gasteiger partial charge in [0.05, 0.1) is 0 Å². The van der Waals surface area contributed by atoms with Crippen LogP contribution in [0.2, 0.25) is 12.1 Å². The van der Waals surface area contributed by atoms with Crippen molar-refractivity contribution in [3.05, 3.63) is 29.8 Å². The highest BCUT2D eigenvalue weighted by Gasteiger charge is 2.24. The van der Waals surface area contributed by atoms with Crippen LogP contribution >= 0.6 is 0 Å². The molecule has 0 spiro atoms. The number of nitrogens with zero attached hydrogens (tertiary/aromatic N) is 1. The van der Waals surface area contributed by atoms with E-state index >= 15 is 0 Å². The summed E-state index contributed by atoms with van der Waals surface area (Å²) in [5.41, 5.74) is 2.97. The Morgan fingerprint density at radius 3 is 3.07 bits per heavy atom. The van der Waals surface area contributed by atoms with Gasteiger partial charge in [-0.1, -0.05) is 24.2 Å². The van der Waals surface area contributed by atoms with E-state index in [0.717, 1.165) is 15.7 Å². The zero-order valence-corrected chi connectivity index (χ0v) is 10.5. The number of hydrogen-bond donors (Lipinski definition) is 0. The highest BCUT2D eigenvalue weighted by Crippen LogP contribution is 2.31. The summed E-state index contributed by atoms with van der Waals surface area (Å²) in [6.07, 6.45) is 1.21. The third kappa shape index (κ3) is 1.79. The minimum atomic E-state index is 0.684. The molecule has 2 rings (SSSR count). The lowest BCUT2D eigenvalue weighted by molar-refractivity contribution is 0.783. The number of benzene rings is 1. The first-order chi connectivity index (χ1) is 6.83. The van der Waals surface area contributed by atoms with E-state index in [0.29, 0.717) is 6.04 Å². The van der Waals surface area contributed by atoms with Crippen LogP contribution in [0.3, 0.4) is 0 Å². The molecule has 0 N–H and O–H groups in total. The van der Waals surface area contributed by atoms with Gasteiger partial charge >= 0.3 is 0 Å². The van der Waals surface area contributed by atoms with Crippen LogP contribution in [0.25, 0.3) is 0 Å². The average molecular weight is 216 g/mol. The molecule has 0 saturated heterocycles. The lowest BCUT2D eigenvalue weighted by atomic mass is 10.1. The predicted molar refractivity (Wildman–Crippen MR) is 63.2 cm³/mol. The molecule has 0 saturated carbocycles. The maximum absolute atomic E-state index is 3.54. The maximum Gasteiger partial charge on any atom is 0.180 e. The van der Waals surface area contributed by atoms with E-state index < -0.39 is 0 Å². The van der Waals surface area contributed by atoms with Gasteiger partial charge in [0, 0.05) is 22.0 Å². The third-order valence-electron chi connectivity index (χ3n) is 2.61. The summed E-state index contributed by atoms with van der Waals surface area (Å²) in [5, 5.41) is 0. The van der Waals surface area contributed by atoms with Crippen LogP contribution in [0.5, 0.6) is 0 Å². The Morgan fingerprint density at radius 1 is 1.50 bits per heavy atom. The van der Waals surface area contributed by atoms with Gasteiger partial charge in [0.1, 0.15) is 0 Å². The van der Waals surface area contributed by atoms with Crippen molar-refractivity contribution in [3.8, 4) is 0 Å². The minimum Gasteiger partial charge on any atom is -0.395 e. The zero-order valence-electron chi connectivity index (χ0n) is 8.46. The first-order valence-electron chi connectivity index (χ1n) is 5.08. The van der Waals surface area contributed by atoms with Gasteiger partial charge in [-0.05, 0) is 31.0 Å². The molecule has 0 aliphatic carbocycles. The molecule has 5 radical (unpaired) electrons. The van der Waals surface area contributed by atoms with E-state index in [9.17, 15) is 0 Å². The molecule has 1 aromatic carbocycles. The highest BCUT2D eigenvalue weighted by atomic mass is 28.2. The third-order valence-corrected chi connectivity index (χ3v) is 4.86. The second-order valence-electron chi connectivity index (χ2n) is 3.71. The summed E-state index contributed by atoms with van der Waals surface area (Å²) in [6, 6.07) is 11.8. The van der Waals surface area contributed by atoms with Crippen LogP contribution < -0.4 is 4.57 Å². The van der Waals surface area contributed by atoms with Gasteiger partial charge in [-0.25, -0.2) is 0 Å². The molecule has 1 aliphatic heterocycles. The Hall–Kier alpha value is -0.546. The molecule has 0 aromatic heterocycles. The van der Waals surface area contributed by atoms with Crippen molar-refractivity contribution in [1.82, 2.24) is 0 Å². The Balaban J connectivity index is 2.17. The molecule has 1 nitrogen and oxygen atoms in total. The van der Waals surface area contributed by atoms with Gasteiger partial charge in [-0.2, -0.15) is 0 Å². The summed E-state index contributed by atoms with van der Waals surface area (Å²) in [7, 11) is 4.46. The van der Waals surface area contributed by atoms with E-state index in [1.165, 1.54) is 23.7 Å². The maximum atomic E-state index is 3.54. The number of para-hydroxylation sites is 1. The second kappa shape index (κ2) is 4.32. The monoisotopic (exact) mass is 216 g/mol. The highest BCUT2D eigenvalue weighted by molar-refractivity contribution is 6.43. The molecule has 1 unspecified atom stereocenters. The Labute approximate surface area is 91.8 Å². The van der Waals surface area contributed by atoms with Crippen molar-refractivity contribution in [2.45, 2.75) is 31.5 Å². The number of fused-ring (bicyclic) bond motifs is 1. The molecular formula is C11H14NSi2. The predicted octanol–water partition coefficient (Wildman–Crippen LogP) is 2.06. The number of anilines is 1. The molecule has 1 atom stereocenters. The summed E-state index contributed by atoms with van der Waals surface area (Å²) in [6.45, 7) is 2.32. The van der Waals surface area contributed by atoms with Crippen LogP contribution in [0.4, 0.5) is 5.69 Å². The number of hydrogen-bond acceptors (Lipinski definition) is 1. The van der Waals surface area contributed by atoms with Crippen molar-refractivity contribution in [2.24, 2.45) is 0 Å². The fourth-order valence-electron chi connectivity index (χ4n) is 1.98. The molecule has 0 fully saturated rings. The van der Waals surface area contributed by atoms with Gasteiger partial charge in [0.2, 0.25) is 0 Å². The summed E-state index contributed by atoms with van der Waals surface area (Å²) in [5.74, 6) is 0. The van der Waals surface area contributed by atoms with E-state index in [2.05, 4.69) is 46.0 Å². The normalized spacial score (nSPS) is 19.9. The summed E-state index contributed by atoms with van der Waals surface area (Å²) in [4.78, 5) is 0. The standard InChI is InChI=1S/C11H14NSi2/c1-9-8-10-4-2-3-5-11(10)12(9)14-7-6-13/h2-5,9H,6-8H2,1H3. The molecule has 14 heavy (non-hydrogen) atoms. The quantitative estimate of drug-likeness (QED) is 0.699. The molecule has 0 bridgehead atoms. The van der Waals surface area contributed by atoms with Crippen LogP contribution in [-0.4, -0.2) is 26.0 Å². The molecule has 0 amide bonds. The van der Waals surface area contributed by atoms with Crippen molar-refractivity contribution in [1.29, 1.82) is 0 Å². The molecule has 3 heteroatoms. The van der Waals surface area contributed by atoms with Crippen LogP contribution in [0.1, 0.15) is 12.5 Å². The van der Waals surface area contributed by atoms with Crippen molar-refractivity contribution in [2.75, 3.05) is 4.57 Å². The zero-order chi connectivity index (χ0) is 9.97. The van der Waals surface area contributed by atoms with Gasteiger partial charge in [0.25, 0.3) is 0 Å². The largest absolute Gasteiger partial charge is 0.395 e. The summed E-state index contributed by atoms with van der Waals surface area (Å²) >= 11 is 0. The first kappa shape index (κ1) is 9.99. The SMILES string of the molecule is CC1Cc2ccccc2N1[Si]CC[Si]. The molecule has 71 valence electrons. The van der Waals surface area contributed by atoms with Crippen molar-refractivity contribution in [3.63, 3.8) is 0 Å². The number of rotatable bonds is 3. The van der Waals surface area contributed by atoms with E-state index in [-0.39, 0.29) is 0 Å². The van der Waals surface area contributed by atoms with E-state index in [1.54, 1.807) is 0 Å². The Morgan fingerprint density at radius 2 is 2.29 bits per heavy atom. The Kier molecular flexibility index (Phi) is 3.08. The minimum absolute atomic E-state index is 0.684. The first-order valence-corrected chi connectivity index (χ1v) is 6.94. The summed E-state index contributed by atoms with van der Waals surface area (Å²) < 4.78 is 2.55. The molecule has 1 heterocycles. The molecular weight excluding hydrogens is 202 g/mol. The van der Waals surface area contributed by atoms with E-state index in [1.807, 2.05) is 0 Å². The van der Waals surface area contributed by atoms with Crippen LogP contribution in [-0.2, 0) is 6.42 Å². The van der Waals surface area contributed by atoms with Crippen molar-refractivity contribution >= 4 is 25.6 Å². The lowest BCUT2D eigenvalue weighted by Crippen LogP contribution is -2.32. The fraction of sp³-hybridized carbons (Fsp3) is 0.455. The van der Waals surface area contributed by atoms with Gasteiger partial charge < -0.3 is 4.57 Å². The smallest absolute Gasteiger partial charge is 0.180 e. The Bertz CT molecular complexity index is 314. The van der Waals surface area contributed by atoms with Gasteiger partial charge in [-0.3, -0.25) is 0 Å². The van der Waals surface area contributed by atoms with Gasteiger partial charge in [0.15, 0.2) is 9.68 Å². The fourth-order valence-corrected chi connectivity index (χ4v) is 3.46. The van der Waals surface area contributed by atoms with Crippen LogP contribution in [0, 0.1) is 0 Å². The van der Waals surface area contributed by atoms with Gasteiger partial charge in [-0.15, -0.1) is 0 Å². The van der Waals surface area contributed by atoms with Crippen molar-refractivity contribution < 1.29 is 0 Å². The molecule has 1 aromatic rings. The van der Waals surface area contributed by atoms with Crippen LogP contribution in [0.15, 0.2) is 24.3 Å². The topological polar surface area (TPSA) is 3.24 Å². The second-order valence-corrected chi connectivity index (χ2v) is 5.51. The molecule has 1 aliphatic rings.